The standard InChI is InChI=1S/C21H16ClN3OS/c22-16-8-6-7-15(13-16)20(27-17-9-2-1-3-10-17)14-21(26)25-19-12-5-4-11-18(19)23-24-25/h1-13,20H,14H2. The van der Waals surface area contributed by atoms with Gasteiger partial charge in [0, 0.05) is 21.6 Å². The van der Waals surface area contributed by atoms with E-state index in [0.29, 0.717) is 10.5 Å². The Morgan fingerprint density at radius 1 is 1.00 bits per heavy atom. The second kappa shape index (κ2) is 7.94. The van der Waals surface area contributed by atoms with Crippen LogP contribution < -0.4 is 0 Å². The van der Waals surface area contributed by atoms with Crippen molar-refractivity contribution in [1.82, 2.24) is 15.0 Å². The van der Waals surface area contributed by atoms with Gasteiger partial charge in [0.2, 0.25) is 5.91 Å². The van der Waals surface area contributed by atoms with Crippen LogP contribution in [0, 0.1) is 0 Å². The molecule has 0 amide bonds. The van der Waals surface area contributed by atoms with Crippen LogP contribution in [0.3, 0.4) is 0 Å². The molecule has 1 unspecified atom stereocenters. The molecule has 3 aromatic carbocycles. The maximum Gasteiger partial charge on any atom is 0.250 e. The van der Waals surface area contributed by atoms with Gasteiger partial charge in [0.05, 0.1) is 5.52 Å². The fourth-order valence-electron chi connectivity index (χ4n) is 2.90. The van der Waals surface area contributed by atoms with E-state index in [9.17, 15) is 4.79 Å². The number of rotatable bonds is 5. The first-order valence-corrected chi connectivity index (χ1v) is 9.77. The van der Waals surface area contributed by atoms with E-state index >= 15 is 0 Å². The van der Waals surface area contributed by atoms with Gasteiger partial charge in [0.15, 0.2) is 0 Å². The first-order valence-electron chi connectivity index (χ1n) is 8.51. The molecular formula is C21H16ClN3OS. The van der Waals surface area contributed by atoms with E-state index in [1.54, 1.807) is 11.8 Å². The van der Waals surface area contributed by atoms with Gasteiger partial charge >= 0.3 is 0 Å². The summed E-state index contributed by atoms with van der Waals surface area (Å²) in [6, 6.07) is 25.1. The van der Waals surface area contributed by atoms with Crippen LogP contribution in [0.2, 0.25) is 5.02 Å². The number of nitrogens with zero attached hydrogens (tertiary/aromatic N) is 3. The van der Waals surface area contributed by atoms with Crippen molar-refractivity contribution in [3.05, 3.63) is 89.4 Å². The number of aromatic nitrogens is 3. The third-order valence-corrected chi connectivity index (χ3v) is 5.69. The Hall–Kier alpha value is -2.63. The zero-order valence-corrected chi connectivity index (χ0v) is 15.9. The molecule has 0 aliphatic carbocycles. The molecule has 27 heavy (non-hydrogen) atoms. The fourth-order valence-corrected chi connectivity index (χ4v) is 4.25. The molecule has 1 aromatic heterocycles. The average molecular weight is 394 g/mol. The number of para-hydroxylation sites is 1. The minimum absolute atomic E-state index is 0.0819. The molecule has 0 aliphatic heterocycles. The summed E-state index contributed by atoms with van der Waals surface area (Å²) < 4.78 is 1.39. The number of carbonyl (C=O) groups is 1. The molecule has 4 nitrogen and oxygen atoms in total. The van der Waals surface area contributed by atoms with Crippen molar-refractivity contribution in [2.24, 2.45) is 0 Å². The summed E-state index contributed by atoms with van der Waals surface area (Å²) in [6.45, 7) is 0. The Balaban J connectivity index is 1.65. The van der Waals surface area contributed by atoms with E-state index in [-0.39, 0.29) is 17.6 Å². The number of benzene rings is 3. The predicted molar refractivity (Wildman–Crippen MR) is 109 cm³/mol. The number of carbonyl (C=O) groups excluding carboxylic acids is 1. The van der Waals surface area contributed by atoms with Crippen LogP contribution in [0.4, 0.5) is 0 Å². The van der Waals surface area contributed by atoms with Crippen molar-refractivity contribution in [2.45, 2.75) is 16.6 Å². The maximum absolute atomic E-state index is 13.0. The van der Waals surface area contributed by atoms with E-state index in [1.807, 2.05) is 78.9 Å². The lowest BCUT2D eigenvalue weighted by Crippen LogP contribution is -2.15. The molecule has 4 rings (SSSR count). The highest BCUT2D eigenvalue weighted by atomic mass is 35.5. The van der Waals surface area contributed by atoms with Crippen LogP contribution in [0.15, 0.2) is 83.8 Å². The quantitative estimate of drug-likeness (QED) is 0.411. The van der Waals surface area contributed by atoms with E-state index in [1.165, 1.54) is 4.68 Å². The lowest BCUT2D eigenvalue weighted by Gasteiger charge is -2.17. The second-order valence-corrected chi connectivity index (χ2v) is 7.77. The van der Waals surface area contributed by atoms with Crippen molar-refractivity contribution >= 4 is 40.3 Å². The number of halogens is 1. The van der Waals surface area contributed by atoms with Crippen molar-refractivity contribution in [1.29, 1.82) is 0 Å². The van der Waals surface area contributed by atoms with Crippen LogP contribution in [-0.4, -0.2) is 20.9 Å². The SMILES string of the molecule is O=C(CC(Sc1ccccc1)c1cccc(Cl)c1)n1nnc2ccccc21. The molecular weight excluding hydrogens is 378 g/mol. The molecule has 134 valence electrons. The van der Waals surface area contributed by atoms with Crippen LogP contribution in [-0.2, 0) is 0 Å². The summed E-state index contributed by atoms with van der Waals surface area (Å²) in [4.78, 5) is 14.1. The largest absolute Gasteiger partial charge is 0.272 e. The van der Waals surface area contributed by atoms with E-state index < -0.39 is 0 Å². The molecule has 6 heteroatoms. The second-order valence-electron chi connectivity index (χ2n) is 6.06. The first-order chi connectivity index (χ1) is 13.2. The highest BCUT2D eigenvalue weighted by Crippen LogP contribution is 2.38. The number of thioether (sulfide) groups is 1. The molecule has 0 saturated heterocycles. The summed E-state index contributed by atoms with van der Waals surface area (Å²) in [6.07, 6.45) is 0.285. The van der Waals surface area contributed by atoms with Crippen LogP contribution >= 0.6 is 23.4 Å². The molecule has 0 fully saturated rings. The van der Waals surface area contributed by atoms with Gasteiger partial charge in [0.1, 0.15) is 5.52 Å². The van der Waals surface area contributed by atoms with E-state index in [4.69, 9.17) is 11.6 Å². The lowest BCUT2D eigenvalue weighted by atomic mass is 10.1. The molecule has 0 saturated carbocycles. The minimum Gasteiger partial charge on any atom is -0.272 e. The highest BCUT2D eigenvalue weighted by molar-refractivity contribution is 7.99. The van der Waals surface area contributed by atoms with Crippen LogP contribution in [0.1, 0.15) is 22.0 Å². The fraction of sp³-hybridized carbons (Fsp3) is 0.0952. The van der Waals surface area contributed by atoms with Gasteiger partial charge in [-0.25, -0.2) is 0 Å². The first kappa shape index (κ1) is 17.8. The maximum atomic E-state index is 13.0. The summed E-state index contributed by atoms with van der Waals surface area (Å²) in [5, 5.41) is 8.71. The molecule has 0 N–H and O–H groups in total. The van der Waals surface area contributed by atoms with Gasteiger partial charge in [-0.2, -0.15) is 4.68 Å². The van der Waals surface area contributed by atoms with Crippen molar-refractivity contribution in [2.75, 3.05) is 0 Å². The molecule has 0 spiro atoms. The Morgan fingerprint density at radius 3 is 2.59 bits per heavy atom. The number of hydrogen-bond acceptors (Lipinski definition) is 4. The van der Waals surface area contributed by atoms with E-state index in [0.717, 1.165) is 16.0 Å². The van der Waals surface area contributed by atoms with Crippen molar-refractivity contribution < 1.29 is 4.79 Å². The van der Waals surface area contributed by atoms with Crippen LogP contribution in [0.5, 0.6) is 0 Å². The van der Waals surface area contributed by atoms with Gasteiger partial charge in [-0.15, -0.1) is 16.9 Å². The highest BCUT2D eigenvalue weighted by Gasteiger charge is 2.21. The number of fused-ring (bicyclic) bond motifs is 1. The van der Waals surface area contributed by atoms with Crippen LogP contribution in [0.25, 0.3) is 11.0 Å². The third-order valence-electron chi connectivity index (χ3n) is 4.19. The van der Waals surface area contributed by atoms with Crippen molar-refractivity contribution in [3.63, 3.8) is 0 Å². The Bertz CT molecular complexity index is 1080. The summed E-state index contributed by atoms with van der Waals surface area (Å²) in [5.74, 6) is -0.0999. The topological polar surface area (TPSA) is 47.8 Å². The Morgan fingerprint density at radius 2 is 1.78 bits per heavy atom. The third kappa shape index (κ3) is 4.04. The monoisotopic (exact) mass is 393 g/mol. The smallest absolute Gasteiger partial charge is 0.250 e. The van der Waals surface area contributed by atoms with Gasteiger partial charge in [-0.1, -0.05) is 59.3 Å². The van der Waals surface area contributed by atoms with Crippen molar-refractivity contribution in [3.8, 4) is 0 Å². The zero-order chi connectivity index (χ0) is 18.6. The predicted octanol–water partition coefficient (Wildman–Crippen LogP) is 5.65. The molecule has 1 heterocycles. The zero-order valence-electron chi connectivity index (χ0n) is 14.3. The minimum atomic E-state index is -0.0999. The van der Waals surface area contributed by atoms with Gasteiger partial charge in [0.25, 0.3) is 0 Å². The molecule has 4 aromatic rings. The summed E-state index contributed by atoms with van der Waals surface area (Å²) in [5.41, 5.74) is 2.44. The summed E-state index contributed by atoms with van der Waals surface area (Å²) in [7, 11) is 0. The summed E-state index contributed by atoms with van der Waals surface area (Å²) >= 11 is 7.82. The lowest BCUT2D eigenvalue weighted by molar-refractivity contribution is 0.0889. The van der Waals surface area contributed by atoms with Gasteiger partial charge in [-0.05, 0) is 42.0 Å². The molecule has 0 bridgehead atoms. The Labute approximate surface area is 166 Å². The van der Waals surface area contributed by atoms with E-state index in [2.05, 4.69) is 10.3 Å². The van der Waals surface area contributed by atoms with Gasteiger partial charge in [-0.3, -0.25) is 4.79 Å². The Kier molecular flexibility index (Phi) is 5.23. The van der Waals surface area contributed by atoms with Gasteiger partial charge < -0.3 is 0 Å². The normalized spacial score (nSPS) is 12.2. The molecule has 0 aliphatic rings. The molecule has 1 atom stereocenters. The number of hydrogen-bond donors (Lipinski definition) is 0. The molecule has 0 radical (unpaired) electrons. The average Bonchev–Trinajstić information content (AvgIpc) is 3.12.